The maximum atomic E-state index is 12.1. The normalized spacial score (nSPS) is 11.3. The second-order valence-electron chi connectivity index (χ2n) is 4.45. The van der Waals surface area contributed by atoms with Crippen LogP contribution in [-0.2, 0) is 17.1 Å². The van der Waals surface area contributed by atoms with Gasteiger partial charge >= 0.3 is 0 Å². The molecule has 0 atom stereocenters. The predicted molar refractivity (Wildman–Crippen MR) is 75.9 cm³/mol. The number of carbonyl (C=O) groups excluding carboxylic acids is 1. The summed E-state index contributed by atoms with van der Waals surface area (Å²) < 4.78 is 24.3. The van der Waals surface area contributed by atoms with Crippen LogP contribution in [0.1, 0.15) is 16.2 Å². The second kappa shape index (κ2) is 5.10. The average molecular weight is 293 g/mol. The first-order valence-electron chi connectivity index (χ1n) is 5.85. The molecule has 1 aromatic carbocycles. The molecule has 20 heavy (non-hydrogen) atoms. The Labute approximate surface area is 117 Å². The quantitative estimate of drug-likeness (QED) is 0.891. The van der Waals surface area contributed by atoms with E-state index in [0.29, 0.717) is 11.4 Å². The predicted octanol–water partition coefficient (Wildman–Crippen LogP) is 1.23. The van der Waals surface area contributed by atoms with Crippen molar-refractivity contribution in [3.8, 4) is 0 Å². The van der Waals surface area contributed by atoms with Gasteiger partial charge in [0.1, 0.15) is 5.69 Å². The van der Waals surface area contributed by atoms with Crippen LogP contribution in [0, 0.1) is 6.92 Å². The largest absolute Gasteiger partial charge is 0.344 e. The van der Waals surface area contributed by atoms with Crippen molar-refractivity contribution in [2.45, 2.75) is 11.8 Å². The molecule has 0 radical (unpaired) electrons. The maximum Gasteiger partial charge on any atom is 0.272 e. The lowest BCUT2D eigenvalue weighted by Crippen LogP contribution is -2.17. The number of hydrogen-bond acceptors (Lipinski definition) is 3. The molecule has 2 aromatic rings. The van der Waals surface area contributed by atoms with E-state index < -0.39 is 10.0 Å². The number of sulfonamides is 1. The molecule has 1 amide bonds. The van der Waals surface area contributed by atoms with E-state index in [-0.39, 0.29) is 10.8 Å². The van der Waals surface area contributed by atoms with Gasteiger partial charge in [0.15, 0.2) is 0 Å². The molecule has 7 heteroatoms. The lowest BCUT2D eigenvalue weighted by molar-refractivity contribution is 0.101. The number of amides is 1. The molecule has 0 spiro atoms. The standard InChI is InChI=1S/C13H15N3O3S/c1-9-6-7-12(16(9)2)13(17)15-10-4-3-5-11(8-10)20(14,18)19/h3-8H,1-2H3,(H,15,17)(H2,14,18,19). The number of hydrogen-bond donors (Lipinski definition) is 2. The van der Waals surface area contributed by atoms with Crippen molar-refractivity contribution in [2.24, 2.45) is 12.2 Å². The van der Waals surface area contributed by atoms with Crippen LogP contribution in [0.5, 0.6) is 0 Å². The van der Waals surface area contributed by atoms with E-state index in [1.54, 1.807) is 23.7 Å². The van der Waals surface area contributed by atoms with Crippen LogP contribution >= 0.6 is 0 Å². The second-order valence-corrected chi connectivity index (χ2v) is 6.01. The number of anilines is 1. The van der Waals surface area contributed by atoms with Crippen LogP contribution in [0.15, 0.2) is 41.3 Å². The highest BCUT2D eigenvalue weighted by atomic mass is 32.2. The molecule has 1 heterocycles. The number of nitrogens with one attached hydrogen (secondary N) is 1. The van der Waals surface area contributed by atoms with E-state index in [4.69, 9.17) is 5.14 Å². The van der Waals surface area contributed by atoms with Gasteiger partial charge in [-0.05, 0) is 37.3 Å². The molecule has 0 saturated carbocycles. The van der Waals surface area contributed by atoms with Gasteiger partial charge in [-0.15, -0.1) is 0 Å². The molecular formula is C13H15N3O3S. The number of aromatic nitrogens is 1. The zero-order valence-corrected chi connectivity index (χ0v) is 11.9. The van der Waals surface area contributed by atoms with E-state index in [1.807, 2.05) is 13.0 Å². The minimum atomic E-state index is -3.79. The van der Waals surface area contributed by atoms with E-state index in [2.05, 4.69) is 5.32 Å². The van der Waals surface area contributed by atoms with Crippen LogP contribution in [0.25, 0.3) is 0 Å². The lowest BCUT2D eigenvalue weighted by Gasteiger charge is -2.08. The number of aryl methyl sites for hydroxylation is 1. The highest BCUT2D eigenvalue weighted by Gasteiger charge is 2.13. The van der Waals surface area contributed by atoms with Crippen molar-refractivity contribution in [3.63, 3.8) is 0 Å². The summed E-state index contributed by atoms with van der Waals surface area (Å²) >= 11 is 0. The van der Waals surface area contributed by atoms with E-state index >= 15 is 0 Å². The molecule has 0 unspecified atom stereocenters. The summed E-state index contributed by atoms with van der Waals surface area (Å²) in [6.45, 7) is 1.89. The summed E-state index contributed by atoms with van der Waals surface area (Å²) in [4.78, 5) is 12.1. The van der Waals surface area contributed by atoms with Crippen LogP contribution < -0.4 is 10.5 Å². The van der Waals surface area contributed by atoms with Gasteiger partial charge in [0.25, 0.3) is 5.91 Å². The molecule has 106 valence electrons. The van der Waals surface area contributed by atoms with Gasteiger partial charge in [-0.1, -0.05) is 6.07 Å². The van der Waals surface area contributed by atoms with E-state index in [1.165, 1.54) is 18.2 Å². The number of nitrogens with zero attached hydrogens (tertiary/aromatic N) is 1. The van der Waals surface area contributed by atoms with Crippen molar-refractivity contribution < 1.29 is 13.2 Å². The van der Waals surface area contributed by atoms with E-state index in [9.17, 15) is 13.2 Å². The molecule has 0 bridgehead atoms. The Hall–Kier alpha value is -2.12. The van der Waals surface area contributed by atoms with Crippen LogP contribution in [0.3, 0.4) is 0 Å². The van der Waals surface area contributed by atoms with E-state index in [0.717, 1.165) is 5.69 Å². The maximum absolute atomic E-state index is 12.1. The summed E-state index contributed by atoms with van der Waals surface area (Å²) in [6, 6.07) is 9.35. The van der Waals surface area contributed by atoms with Gasteiger partial charge in [-0.25, -0.2) is 13.6 Å². The van der Waals surface area contributed by atoms with Crippen molar-refractivity contribution in [3.05, 3.63) is 47.8 Å². The smallest absolute Gasteiger partial charge is 0.272 e. The Morgan fingerprint density at radius 2 is 1.95 bits per heavy atom. The Morgan fingerprint density at radius 1 is 1.25 bits per heavy atom. The summed E-state index contributed by atoms with van der Waals surface area (Å²) in [5.41, 5.74) is 1.82. The fourth-order valence-corrected chi connectivity index (χ4v) is 2.35. The Bertz CT molecular complexity index is 763. The first-order chi connectivity index (χ1) is 9.29. The molecule has 0 saturated heterocycles. The third kappa shape index (κ3) is 2.89. The van der Waals surface area contributed by atoms with Crippen molar-refractivity contribution in [2.75, 3.05) is 5.32 Å². The highest BCUT2D eigenvalue weighted by molar-refractivity contribution is 7.89. The molecule has 1 aromatic heterocycles. The van der Waals surface area contributed by atoms with Gasteiger partial charge in [-0.2, -0.15) is 0 Å². The Kier molecular flexibility index (Phi) is 3.65. The van der Waals surface area contributed by atoms with Crippen molar-refractivity contribution in [1.82, 2.24) is 4.57 Å². The number of benzene rings is 1. The highest BCUT2D eigenvalue weighted by Crippen LogP contribution is 2.15. The average Bonchev–Trinajstić information content (AvgIpc) is 2.69. The van der Waals surface area contributed by atoms with Gasteiger partial charge in [0.05, 0.1) is 4.90 Å². The fourth-order valence-electron chi connectivity index (χ4n) is 1.79. The van der Waals surface area contributed by atoms with Gasteiger partial charge in [-0.3, -0.25) is 4.79 Å². The van der Waals surface area contributed by atoms with Crippen molar-refractivity contribution >= 4 is 21.6 Å². The first-order valence-corrected chi connectivity index (χ1v) is 7.40. The van der Waals surface area contributed by atoms with Crippen LogP contribution in [-0.4, -0.2) is 18.9 Å². The molecule has 6 nitrogen and oxygen atoms in total. The van der Waals surface area contributed by atoms with Crippen molar-refractivity contribution in [1.29, 1.82) is 0 Å². The zero-order valence-electron chi connectivity index (χ0n) is 11.1. The molecule has 0 fully saturated rings. The molecule has 0 aliphatic carbocycles. The monoisotopic (exact) mass is 293 g/mol. The molecular weight excluding hydrogens is 278 g/mol. The lowest BCUT2D eigenvalue weighted by atomic mass is 10.3. The zero-order chi connectivity index (χ0) is 14.9. The Morgan fingerprint density at radius 3 is 2.50 bits per heavy atom. The number of primary sulfonamides is 1. The van der Waals surface area contributed by atoms with Gasteiger partial charge in [0, 0.05) is 18.4 Å². The summed E-state index contributed by atoms with van der Waals surface area (Å²) in [7, 11) is -2.00. The summed E-state index contributed by atoms with van der Waals surface area (Å²) in [5.74, 6) is -0.313. The van der Waals surface area contributed by atoms with Gasteiger partial charge in [0.2, 0.25) is 10.0 Å². The van der Waals surface area contributed by atoms with Crippen LogP contribution in [0.2, 0.25) is 0 Å². The number of carbonyl (C=O) groups is 1. The van der Waals surface area contributed by atoms with Crippen LogP contribution in [0.4, 0.5) is 5.69 Å². The molecule has 2 rings (SSSR count). The third-order valence-electron chi connectivity index (χ3n) is 3.03. The molecule has 0 aliphatic rings. The summed E-state index contributed by atoms with van der Waals surface area (Å²) in [6.07, 6.45) is 0. The third-order valence-corrected chi connectivity index (χ3v) is 3.94. The minimum Gasteiger partial charge on any atom is -0.344 e. The fraction of sp³-hybridized carbons (Fsp3) is 0.154. The summed E-state index contributed by atoms with van der Waals surface area (Å²) in [5, 5.41) is 7.70. The molecule has 0 aliphatic heterocycles. The number of rotatable bonds is 3. The number of nitrogens with two attached hydrogens (primary N) is 1. The topological polar surface area (TPSA) is 94.2 Å². The minimum absolute atomic E-state index is 0.0432. The molecule has 3 N–H and O–H groups in total. The Balaban J connectivity index is 2.27. The first kappa shape index (κ1) is 14.3. The SMILES string of the molecule is Cc1ccc(C(=O)Nc2cccc(S(N)(=O)=O)c2)n1C. The van der Waals surface area contributed by atoms with Gasteiger partial charge < -0.3 is 9.88 Å².